The van der Waals surface area contributed by atoms with Gasteiger partial charge in [-0.3, -0.25) is 0 Å². The van der Waals surface area contributed by atoms with Crippen LogP contribution < -0.4 is 10.2 Å². The largest absolute Gasteiger partial charge is 0.377 e. The van der Waals surface area contributed by atoms with Crippen molar-refractivity contribution in [3.05, 3.63) is 58.6 Å². The predicted molar refractivity (Wildman–Crippen MR) is 91.5 cm³/mol. The zero-order valence-corrected chi connectivity index (χ0v) is 13.3. The molecule has 2 nitrogen and oxygen atoms in total. The Hall–Kier alpha value is -1.67. The third kappa shape index (κ3) is 2.86. The van der Waals surface area contributed by atoms with Gasteiger partial charge < -0.3 is 10.2 Å². The van der Waals surface area contributed by atoms with E-state index in [0.717, 1.165) is 22.8 Å². The summed E-state index contributed by atoms with van der Waals surface area (Å²) < 4.78 is 0. The van der Waals surface area contributed by atoms with Crippen LogP contribution in [0.25, 0.3) is 0 Å². The van der Waals surface area contributed by atoms with Crippen molar-refractivity contribution >= 4 is 23.0 Å². The lowest BCUT2D eigenvalue weighted by molar-refractivity contribution is 0.600. The summed E-state index contributed by atoms with van der Waals surface area (Å²) in [6.45, 7) is 0. The molecule has 21 heavy (non-hydrogen) atoms. The highest BCUT2D eigenvalue weighted by Crippen LogP contribution is 2.38. The minimum absolute atomic E-state index is 0.368. The Morgan fingerprint density at radius 1 is 1.10 bits per heavy atom. The molecule has 0 bridgehead atoms. The molecule has 0 aromatic heterocycles. The van der Waals surface area contributed by atoms with Gasteiger partial charge in [-0.05, 0) is 42.5 Å². The molecule has 0 spiro atoms. The maximum atomic E-state index is 6.36. The molecule has 1 aliphatic rings. The number of hydrogen-bond donors (Lipinski definition) is 1. The number of halogens is 1. The highest BCUT2D eigenvalue weighted by atomic mass is 35.5. The van der Waals surface area contributed by atoms with Crippen molar-refractivity contribution in [1.82, 2.24) is 0 Å². The van der Waals surface area contributed by atoms with E-state index in [2.05, 4.69) is 40.5 Å². The number of anilines is 2. The van der Waals surface area contributed by atoms with Crippen LogP contribution in [-0.2, 0) is 6.42 Å². The first-order chi connectivity index (χ1) is 10.2. The molecule has 0 heterocycles. The summed E-state index contributed by atoms with van der Waals surface area (Å²) in [5, 5.41) is 4.49. The summed E-state index contributed by atoms with van der Waals surface area (Å²) in [6.07, 6.45) is 3.58. The van der Waals surface area contributed by atoms with Crippen LogP contribution in [0.3, 0.4) is 0 Å². The second-order valence-corrected chi connectivity index (χ2v) is 6.23. The maximum absolute atomic E-state index is 6.36. The van der Waals surface area contributed by atoms with Crippen molar-refractivity contribution in [1.29, 1.82) is 0 Å². The first-order valence-electron chi connectivity index (χ1n) is 7.47. The SMILES string of the molecule is CN(C)c1c(Cl)cccc1NC1CCCc2ccccc21. The summed E-state index contributed by atoms with van der Waals surface area (Å²) in [5.74, 6) is 0. The Labute approximate surface area is 131 Å². The summed E-state index contributed by atoms with van der Waals surface area (Å²) in [5.41, 5.74) is 5.06. The Bertz CT molecular complexity index is 637. The molecule has 1 atom stereocenters. The van der Waals surface area contributed by atoms with E-state index in [9.17, 15) is 0 Å². The van der Waals surface area contributed by atoms with E-state index in [4.69, 9.17) is 11.6 Å². The van der Waals surface area contributed by atoms with Gasteiger partial charge in [0.05, 0.1) is 22.4 Å². The highest BCUT2D eigenvalue weighted by Gasteiger charge is 2.21. The molecular weight excluding hydrogens is 280 g/mol. The van der Waals surface area contributed by atoms with Crippen molar-refractivity contribution in [2.45, 2.75) is 25.3 Å². The van der Waals surface area contributed by atoms with E-state index in [1.165, 1.54) is 24.0 Å². The zero-order valence-electron chi connectivity index (χ0n) is 12.6. The van der Waals surface area contributed by atoms with Crippen LogP contribution in [0.5, 0.6) is 0 Å². The van der Waals surface area contributed by atoms with Gasteiger partial charge in [0.2, 0.25) is 0 Å². The number of nitrogens with one attached hydrogen (secondary N) is 1. The Morgan fingerprint density at radius 2 is 1.90 bits per heavy atom. The molecule has 110 valence electrons. The van der Waals surface area contributed by atoms with Gasteiger partial charge in [-0.25, -0.2) is 0 Å². The predicted octanol–water partition coefficient (Wildman–Crippen LogP) is 4.90. The molecule has 1 aliphatic carbocycles. The van der Waals surface area contributed by atoms with E-state index in [-0.39, 0.29) is 0 Å². The van der Waals surface area contributed by atoms with Gasteiger partial charge in [-0.1, -0.05) is 41.9 Å². The lowest BCUT2D eigenvalue weighted by Gasteiger charge is -2.29. The van der Waals surface area contributed by atoms with Crippen molar-refractivity contribution in [2.24, 2.45) is 0 Å². The summed E-state index contributed by atoms with van der Waals surface area (Å²) in [4.78, 5) is 2.07. The topological polar surface area (TPSA) is 15.3 Å². The number of nitrogens with zero attached hydrogens (tertiary/aromatic N) is 1. The molecule has 2 aromatic rings. The first kappa shape index (κ1) is 14.3. The fraction of sp³-hybridized carbons (Fsp3) is 0.333. The van der Waals surface area contributed by atoms with Crippen LogP contribution in [0.15, 0.2) is 42.5 Å². The monoisotopic (exact) mass is 300 g/mol. The van der Waals surface area contributed by atoms with E-state index >= 15 is 0 Å². The fourth-order valence-electron chi connectivity index (χ4n) is 3.18. The van der Waals surface area contributed by atoms with Gasteiger partial charge in [0, 0.05) is 14.1 Å². The summed E-state index contributed by atoms with van der Waals surface area (Å²) >= 11 is 6.36. The van der Waals surface area contributed by atoms with Crippen molar-refractivity contribution in [2.75, 3.05) is 24.3 Å². The molecule has 1 unspecified atom stereocenters. The number of fused-ring (bicyclic) bond motifs is 1. The number of hydrogen-bond acceptors (Lipinski definition) is 2. The van der Waals surface area contributed by atoms with Crippen molar-refractivity contribution in [3.8, 4) is 0 Å². The normalized spacial score (nSPS) is 17.2. The van der Waals surface area contributed by atoms with Crippen LogP contribution in [0, 0.1) is 0 Å². The fourth-order valence-corrected chi connectivity index (χ4v) is 3.52. The molecular formula is C18H21ClN2. The summed E-state index contributed by atoms with van der Waals surface area (Å²) in [6, 6.07) is 15.2. The highest BCUT2D eigenvalue weighted by molar-refractivity contribution is 6.34. The number of aryl methyl sites for hydroxylation is 1. The van der Waals surface area contributed by atoms with E-state index in [0.29, 0.717) is 6.04 Å². The average molecular weight is 301 g/mol. The summed E-state index contributed by atoms with van der Waals surface area (Å²) in [7, 11) is 4.06. The lowest BCUT2D eigenvalue weighted by Crippen LogP contribution is -2.19. The standard InChI is InChI=1S/C18H21ClN2/c1-21(2)18-15(19)10-6-12-17(18)20-16-11-5-8-13-7-3-4-9-14(13)16/h3-4,6-7,9-10,12,16,20H,5,8,11H2,1-2H3. The van der Waals surface area contributed by atoms with Gasteiger partial charge in [0.25, 0.3) is 0 Å². The Morgan fingerprint density at radius 3 is 2.71 bits per heavy atom. The van der Waals surface area contributed by atoms with E-state index < -0.39 is 0 Å². The molecule has 0 saturated heterocycles. The minimum Gasteiger partial charge on any atom is -0.377 e. The van der Waals surface area contributed by atoms with Gasteiger partial charge in [-0.2, -0.15) is 0 Å². The Balaban J connectivity index is 1.94. The van der Waals surface area contributed by atoms with E-state index in [1.807, 2.05) is 26.2 Å². The third-order valence-electron chi connectivity index (χ3n) is 4.13. The second-order valence-electron chi connectivity index (χ2n) is 5.82. The van der Waals surface area contributed by atoms with Crippen LogP contribution in [0.1, 0.15) is 30.0 Å². The van der Waals surface area contributed by atoms with Crippen LogP contribution in [-0.4, -0.2) is 14.1 Å². The average Bonchev–Trinajstić information content (AvgIpc) is 2.47. The van der Waals surface area contributed by atoms with E-state index in [1.54, 1.807) is 0 Å². The smallest absolute Gasteiger partial charge is 0.0786 e. The first-order valence-corrected chi connectivity index (χ1v) is 7.85. The molecule has 3 rings (SSSR count). The number of para-hydroxylation sites is 1. The molecule has 1 N–H and O–H groups in total. The van der Waals surface area contributed by atoms with Crippen LogP contribution >= 0.6 is 11.6 Å². The number of rotatable bonds is 3. The molecule has 0 radical (unpaired) electrons. The third-order valence-corrected chi connectivity index (χ3v) is 4.44. The van der Waals surface area contributed by atoms with Crippen LogP contribution in [0.2, 0.25) is 5.02 Å². The van der Waals surface area contributed by atoms with Crippen molar-refractivity contribution < 1.29 is 0 Å². The van der Waals surface area contributed by atoms with Gasteiger partial charge >= 0.3 is 0 Å². The maximum Gasteiger partial charge on any atom is 0.0786 e. The molecule has 3 heteroatoms. The molecule has 0 aliphatic heterocycles. The quantitative estimate of drug-likeness (QED) is 0.867. The molecule has 0 amide bonds. The van der Waals surface area contributed by atoms with Crippen LogP contribution in [0.4, 0.5) is 11.4 Å². The number of benzene rings is 2. The zero-order chi connectivity index (χ0) is 14.8. The lowest BCUT2D eigenvalue weighted by atomic mass is 9.87. The molecule has 2 aromatic carbocycles. The molecule has 0 saturated carbocycles. The van der Waals surface area contributed by atoms with Gasteiger partial charge in [0.15, 0.2) is 0 Å². The van der Waals surface area contributed by atoms with Crippen molar-refractivity contribution in [3.63, 3.8) is 0 Å². The molecule has 0 fully saturated rings. The van der Waals surface area contributed by atoms with Gasteiger partial charge in [-0.15, -0.1) is 0 Å². The van der Waals surface area contributed by atoms with Gasteiger partial charge in [0.1, 0.15) is 0 Å². The Kier molecular flexibility index (Phi) is 4.07. The second kappa shape index (κ2) is 5.98. The minimum atomic E-state index is 0.368.